The van der Waals surface area contributed by atoms with Gasteiger partial charge in [0.1, 0.15) is 12.6 Å². The molecule has 1 aliphatic rings. The largest absolute Gasteiger partial charge is 0.356 e. The summed E-state index contributed by atoms with van der Waals surface area (Å²) in [6, 6.07) is 8.85. The van der Waals surface area contributed by atoms with Crippen LogP contribution in [0.1, 0.15) is 76.7 Å². The summed E-state index contributed by atoms with van der Waals surface area (Å²) in [6.07, 6.45) is 7.76. The topological polar surface area (TPSA) is 117 Å². The number of hydrogen-bond acceptors (Lipinski definition) is 5. The second-order valence-electron chi connectivity index (χ2n) is 9.31. The minimum atomic E-state index is -0.657. The Bertz CT molecular complexity index is 805. The molecule has 1 heterocycles. The molecule has 0 bridgehead atoms. The van der Waals surface area contributed by atoms with Gasteiger partial charge in [0.15, 0.2) is 0 Å². The molecular weight excluding hydrogens is 460 g/mol. The van der Waals surface area contributed by atoms with E-state index in [0.29, 0.717) is 45.2 Å². The molecule has 3 N–H and O–H groups in total. The normalized spacial score (nSPS) is 18.8. The Labute approximate surface area is 214 Å². The summed E-state index contributed by atoms with van der Waals surface area (Å²) < 4.78 is 0. The molecule has 36 heavy (non-hydrogen) atoms. The lowest BCUT2D eigenvalue weighted by Gasteiger charge is -2.26. The number of unbranched alkanes of at least 4 members (excludes halogenated alkanes) is 1. The fourth-order valence-corrected chi connectivity index (χ4v) is 4.10. The highest BCUT2D eigenvalue weighted by Crippen LogP contribution is 2.14. The second kappa shape index (κ2) is 17.5. The lowest BCUT2D eigenvalue weighted by Crippen LogP contribution is -2.50. The average molecular weight is 503 g/mol. The van der Waals surface area contributed by atoms with Crippen molar-refractivity contribution in [2.24, 2.45) is 5.92 Å². The Morgan fingerprint density at radius 3 is 2.61 bits per heavy atom. The smallest absolute Gasteiger partial charge is 0.242 e. The van der Waals surface area contributed by atoms with Crippen LogP contribution in [0.4, 0.5) is 0 Å². The van der Waals surface area contributed by atoms with Crippen LogP contribution in [0.2, 0.25) is 0 Å². The van der Waals surface area contributed by atoms with Gasteiger partial charge < -0.3 is 16.0 Å². The molecule has 1 aromatic rings. The molecular formula is C27H42N4O5. The minimum absolute atomic E-state index is 0.0638. The number of nitrogens with one attached hydrogen (secondary N) is 3. The molecule has 0 spiro atoms. The summed E-state index contributed by atoms with van der Waals surface area (Å²) >= 11 is 0. The van der Waals surface area contributed by atoms with Crippen molar-refractivity contribution >= 4 is 24.1 Å². The van der Waals surface area contributed by atoms with E-state index in [4.69, 9.17) is 4.84 Å². The maximum atomic E-state index is 13.3. The molecule has 0 saturated carbocycles. The zero-order valence-electron chi connectivity index (χ0n) is 21.5. The van der Waals surface area contributed by atoms with Gasteiger partial charge in [-0.05, 0) is 44.1 Å². The van der Waals surface area contributed by atoms with Gasteiger partial charge in [-0.25, -0.2) is 5.06 Å². The van der Waals surface area contributed by atoms with Crippen LogP contribution in [0.5, 0.6) is 0 Å². The molecule has 4 amide bonds. The maximum Gasteiger partial charge on any atom is 0.242 e. The van der Waals surface area contributed by atoms with E-state index in [1.807, 2.05) is 37.3 Å². The summed E-state index contributed by atoms with van der Waals surface area (Å²) in [4.78, 5) is 55.3. The fourth-order valence-electron chi connectivity index (χ4n) is 4.10. The highest BCUT2D eigenvalue weighted by Gasteiger charge is 2.27. The number of hydroxylamine groups is 2. The van der Waals surface area contributed by atoms with Crippen LogP contribution in [0.3, 0.4) is 0 Å². The van der Waals surface area contributed by atoms with Gasteiger partial charge in [-0.3, -0.25) is 24.0 Å². The van der Waals surface area contributed by atoms with E-state index in [2.05, 4.69) is 16.0 Å². The first kappa shape index (κ1) is 29.3. The average Bonchev–Trinajstić information content (AvgIpc) is 2.89. The Morgan fingerprint density at radius 1 is 1.11 bits per heavy atom. The van der Waals surface area contributed by atoms with Crippen LogP contribution in [-0.4, -0.2) is 54.9 Å². The first-order chi connectivity index (χ1) is 17.5. The predicted octanol–water partition coefficient (Wildman–Crippen LogP) is 2.84. The van der Waals surface area contributed by atoms with Crippen molar-refractivity contribution in [1.82, 2.24) is 21.0 Å². The van der Waals surface area contributed by atoms with Gasteiger partial charge in [0.2, 0.25) is 24.1 Å². The Hall–Kier alpha value is -2.94. The maximum absolute atomic E-state index is 13.3. The van der Waals surface area contributed by atoms with Crippen LogP contribution in [-0.2, 0) is 30.6 Å². The third kappa shape index (κ3) is 11.7. The van der Waals surface area contributed by atoms with Gasteiger partial charge >= 0.3 is 0 Å². The monoisotopic (exact) mass is 502 g/mol. The van der Waals surface area contributed by atoms with Crippen molar-refractivity contribution in [3.63, 3.8) is 0 Å². The van der Waals surface area contributed by atoms with E-state index in [1.54, 1.807) is 0 Å². The van der Waals surface area contributed by atoms with Crippen molar-refractivity contribution in [2.75, 3.05) is 19.6 Å². The zero-order valence-corrected chi connectivity index (χ0v) is 21.5. The molecule has 2 unspecified atom stereocenters. The van der Waals surface area contributed by atoms with Crippen molar-refractivity contribution in [2.45, 2.75) is 83.8 Å². The highest BCUT2D eigenvalue weighted by molar-refractivity contribution is 5.88. The van der Waals surface area contributed by atoms with E-state index in [-0.39, 0.29) is 30.9 Å². The molecule has 0 aliphatic carbocycles. The van der Waals surface area contributed by atoms with Gasteiger partial charge in [0, 0.05) is 19.5 Å². The van der Waals surface area contributed by atoms with E-state index in [9.17, 15) is 19.2 Å². The lowest BCUT2D eigenvalue weighted by atomic mass is 9.99. The van der Waals surface area contributed by atoms with Crippen molar-refractivity contribution in [3.05, 3.63) is 35.9 Å². The second-order valence-corrected chi connectivity index (χ2v) is 9.31. The number of nitrogens with zero attached hydrogens (tertiary/aromatic N) is 1. The molecule has 1 aromatic carbocycles. The van der Waals surface area contributed by atoms with Crippen molar-refractivity contribution < 1.29 is 24.0 Å². The van der Waals surface area contributed by atoms with Gasteiger partial charge in [-0.1, -0.05) is 56.5 Å². The Kier molecular flexibility index (Phi) is 14.2. The van der Waals surface area contributed by atoms with Crippen LogP contribution >= 0.6 is 0 Å². The summed E-state index contributed by atoms with van der Waals surface area (Å²) in [7, 11) is 0. The van der Waals surface area contributed by atoms with Crippen LogP contribution in [0, 0.1) is 5.92 Å². The minimum Gasteiger partial charge on any atom is -0.356 e. The van der Waals surface area contributed by atoms with Crippen molar-refractivity contribution in [3.8, 4) is 0 Å². The molecule has 2 atom stereocenters. The predicted molar refractivity (Wildman–Crippen MR) is 137 cm³/mol. The van der Waals surface area contributed by atoms with Gasteiger partial charge in [-0.15, -0.1) is 0 Å². The van der Waals surface area contributed by atoms with Crippen LogP contribution in [0.15, 0.2) is 30.3 Å². The molecule has 1 saturated heterocycles. The number of amides is 4. The van der Waals surface area contributed by atoms with Crippen LogP contribution in [0.25, 0.3) is 0 Å². The molecule has 200 valence electrons. The lowest BCUT2D eigenvalue weighted by molar-refractivity contribution is -0.182. The van der Waals surface area contributed by atoms with Crippen molar-refractivity contribution in [1.29, 1.82) is 0 Å². The van der Waals surface area contributed by atoms with Gasteiger partial charge in [0.25, 0.3) is 0 Å². The van der Waals surface area contributed by atoms with E-state index in [1.165, 1.54) is 5.06 Å². The summed E-state index contributed by atoms with van der Waals surface area (Å²) in [5.74, 6) is -0.875. The molecule has 1 fully saturated rings. The zero-order chi connectivity index (χ0) is 26.0. The third-order valence-electron chi connectivity index (χ3n) is 6.29. The molecule has 2 rings (SSSR count). The van der Waals surface area contributed by atoms with Gasteiger partial charge in [0.05, 0.1) is 12.5 Å². The number of rotatable bonds is 11. The van der Waals surface area contributed by atoms with E-state index in [0.717, 1.165) is 44.1 Å². The standard InChI is InChI=1S/C27H42N4O5/c1-2-3-14-23(19-31(21-32)36-20-22-12-6-4-7-13-22)26(34)30-24-15-9-11-17-28-25(33)16-8-5-10-18-29-27(24)35/h4,6-7,12-13,21,23-24H,2-3,5,8-11,14-20H2,1H3,(H,28,33)(H,29,35)(H,30,34). The Balaban J connectivity index is 1.98. The number of carbonyl (C=O) groups is 4. The van der Waals surface area contributed by atoms with E-state index < -0.39 is 12.0 Å². The number of benzene rings is 1. The number of hydrogen-bond donors (Lipinski definition) is 3. The SMILES string of the molecule is CCCCC(CN(C=O)OCc1ccccc1)C(=O)NC1CCCCNC(=O)CCCCCNC1=O. The first-order valence-corrected chi connectivity index (χ1v) is 13.3. The quantitative estimate of drug-likeness (QED) is 0.318. The molecule has 1 aliphatic heterocycles. The molecule has 9 nitrogen and oxygen atoms in total. The summed E-state index contributed by atoms with van der Waals surface area (Å²) in [6.45, 7) is 3.46. The highest BCUT2D eigenvalue weighted by atomic mass is 16.7. The Morgan fingerprint density at radius 2 is 1.86 bits per heavy atom. The van der Waals surface area contributed by atoms with Crippen LogP contribution < -0.4 is 16.0 Å². The fraction of sp³-hybridized carbons (Fsp3) is 0.630. The molecule has 9 heteroatoms. The first-order valence-electron chi connectivity index (χ1n) is 13.3. The molecule has 0 radical (unpaired) electrons. The third-order valence-corrected chi connectivity index (χ3v) is 6.29. The van der Waals surface area contributed by atoms with Gasteiger partial charge in [-0.2, -0.15) is 0 Å². The molecule has 0 aromatic heterocycles. The van der Waals surface area contributed by atoms with E-state index >= 15 is 0 Å². The summed E-state index contributed by atoms with van der Waals surface area (Å²) in [5.41, 5.74) is 0.923. The summed E-state index contributed by atoms with van der Waals surface area (Å²) in [5, 5.41) is 9.95. The number of carbonyl (C=O) groups excluding carboxylic acids is 4.